The summed E-state index contributed by atoms with van der Waals surface area (Å²) in [7, 11) is 0. The van der Waals surface area contributed by atoms with Crippen LogP contribution in [0.5, 0.6) is 0 Å². The van der Waals surface area contributed by atoms with Crippen LogP contribution in [0.1, 0.15) is 18.4 Å². The van der Waals surface area contributed by atoms with Crippen molar-refractivity contribution >= 4 is 0 Å². The molecule has 2 aromatic rings. The van der Waals surface area contributed by atoms with Crippen molar-refractivity contribution in [3.8, 4) is 5.69 Å². The molecule has 0 unspecified atom stereocenters. The summed E-state index contributed by atoms with van der Waals surface area (Å²) in [4.78, 5) is 4.03. The van der Waals surface area contributed by atoms with Crippen molar-refractivity contribution in [1.82, 2.24) is 9.55 Å². The third-order valence-electron chi connectivity index (χ3n) is 3.07. The number of aliphatic hydroxyl groups is 1. The number of benzene rings is 1. The van der Waals surface area contributed by atoms with Gasteiger partial charge in [0.05, 0.1) is 11.9 Å². The van der Waals surface area contributed by atoms with Crippen molar-refractivity contribution in [1.29, 1.82) is 0 Å². The Morgan fingerprint density at radius 3 is 2.94 bits per heavy atom. The van der Waals surface area contributed by atoms with Gasteiger partial charge in [-0.05, 0) is 30.5 Å². The molecule has 3 rings (SSSR count). The second kappa shape index (κ2) is 3.46. The fourth-order valence-corrected chi connectivity index (χ4v) is 1.94. The fraction of sp³-hybridized carbons (Fsp3) is 0.308. The van der Waals surface area contributed by atoms with Crippen LogP contribution in [0.15, 0.2) is 43.0 Å². The van der Waals surface area contributed by atoms with Gasteiger partial charge < -0.3 is 9.67 Å². The minimum atomic E-state index is -0.423. The van der Waals surface area contributed by atoms with Gasteiger partial charge in [-0.15, -0.1) is 0 Å². The maximum Gasteiger partial charge on any atom is 0.0991 e. The zero-order chi connectivity index (χ0) is 11.0. The molecule has 0 amide bonds. The van der Waals surface area contributed by atoms with E-state index in [0.29, 0.717) is 0 Å². The molecule has 3 nitrogen and oxygen atoms in total. The molecule has 1 aliphatic rings. The number of hydrogen-bond donors (Lipinski definition) is 1. The van der Waals surface area contributed by atoms with E-state index in [4.69, 9.17) is 0 Å². The number of nitrogens with zero attached hydrogens (tertiary/aromatic N) is 2. The summed E-state index contributed by atoms with van der Waals surface area (Å²) in [6.07, 6.45) is 8.09. The molecular weight excluding hydrogens is 200 g/mol. The smallest absolute Gasteiger partial charge is 0.0991 e. The van der Waals surface area contributed by atoms with Gasteiger partial charge in [0, 0.05) is 24.5 Å². The summed E-state index contributed by atoms with van der Waals surface area (Å²) in [5, 5.41) is 9.88. The standard InChI is InChI=1S/C13H14N2O/c16-13(4-5-13)9-11-2-1-3-12(8-11)15-7-6-14-10-15/h1-3,6-8,10,16H,4-5,9H2. The van der Waals surface area contributed by atoms with E-state index < -0.39 is 5.60 Å². The van der Waals surface area contributed by atoms with Crippen LogP contribution in [0.25, 0.3) is 5.69 Å². The van der Waals surface area contributed by atoms with Gasteiger partial charge in [0.1, 0.15) is 0 Å². The average molecular weight is 214 g/mol. The number of aromatic nitrogens is 2. The lowest BCUT2D eigenvalue weighted by Crippen LogP contribution is -2.10. The van der Waals surface area contributed by atoms with E-state index in [-0.39, 0.29) is 0 Å². The Bertz CT molecular complexity index is 486. The van der Waals surface area contributed by atoms with Gasteiger partial charge in [-0.1, -0.05) is 12.1 Å². The van der Waals surface area contributed by atoms with Gasteiger partial charge in [-0.3, -0.25) is 0 Å². The molecule has 0 aliphatic heterocycles. The maximum atomic E-state index is 9.88. The van der Waals surface area contributed by atoms with Crippen LogP contribution in [0.3, 0.4) is 0 Å². The molecule has 1 aromatic heterocycles. The first-order valence-corrected chi connectivity index (χ1v) is 5.55. The maximum absolute atomic E-state index is 9.88. The molecular formula is C13H14N2O. The Morgan fingerprint density at radius 2 is 2.25 bits per heavy atom. The molecule has 0 radical (unpaired) electrons. The summed E-state index contributed by atoms with van der Waals surface area (Å²) >= 11 is 0. The molecule has 16 heavy (non-hydrogen) atoms. The van der Waals surface area contributed by atoms with Crippen molar-refractivity contribution in [3.05, 3.63) is 48.5 Å². The van der Waals surface area contributed by atoms with E-state index in [9.17, 15) is 5.11 Å². The summed E-state index contributed by atoms with van der Waals surface area (Å²) in [5.74, 6) is 0. The van der Waals surface area contributed by atoms with E-state index in [0.717, 1.165) is 24.9 Å². The normalized spacial score (nSPS) is 17.3. The zero-order valence-corrected chi connectivity index (χ0v) is 9.00. The summed E-state index contributed by atoms with van der Waals surface area (Å²) in [6.45, 7) is 0. The molecule has 0 bridgehead atoms. The third kappa shape index (κ3) is 1.86. The quantitative estimate of drug-likeness (QED) is 0.848. The van der Waals surface area contributed by atoms with Crippen LogP contribution >= 0.6 is 0 Å². The fourth-order valence-electron chi connectivity index (χ4n) is 1.94. The van der Waals surface area contributed by atoms with Crippen LogP contribution in [0.2, 0.25) is 0 Å². The largest absolute Gasteiger partial charge is 0.390 e. The number of hydrogen-bond acceptors (Lipinski definition) is 2. The highest BCUT2D eigenvalue weighted by Gasteiger charge is 2.40. The lowest BCUT2D eigenvalue weighted by atomic mass is 10.1. The van der Waals surface area contributed by atoms with E-state index >= 15 is 0 Å². The Morgan fingerprint density at radius 1 is 1.38 bits per heavy atom. The monoisotopic (exact) mass is 214 g/mol. The van der Waals surface area contributed by atoms with Crippen molar-refractivity contribution in [2.75, 3.05) is 0 Å². The molecule has 0 spiro atoms. The van der Waals surface area contributed by atoms with E-state index in [1.54, 1.807) is 12.5 Å². The molecule has 3 heteroatoms. The molecule has 1 saturated carbocycles. The molecule has 1 fully saturated rings. The first-order valence-electron chi connectivity index (χ1n) is 5.55. The summed E-state index contributed by atoms with van der Waals surface area (Å²) in [6, 6.07) is 8.24. The van der Waals surface area contributed by atoms with Crippen molar-refractivity contribution in [3.63, 3.8) is 0 Å². The SMILES string of the molecule is OC1(Cc2cccc(-n3ccnc3)c2)CC1. The minimum absolute atomic E-state index is 0.423. The molecule has 1 N–H and O–H groups in total. The molecule has 1 heterocycles. The van der Waals surface area contributed by atoms with Crippen LogP contribution in [0, 0.1) is 0 Å². The highest BCUT2D eigenvalue weighted by molar-refractivity contribution is 5.36. The lowest BCUT2D eigenvalue weighted by molar-refractivity contribution is 0.151. The van der Waals surface area contributed by atoms with Gasteiger partial charge in [0.25, 0.3) is 0 Å². The molecule has 1 aliphatic carbocycles. The van der Waals surface area contributed by atoms with Gasteiger partial charge in [-0.2, -0.15) is 0 Å². The summed E-state index contributed by atoms with van der Waals surface area (Å²) in [5.41, 5.74) is 1.86. The first-order chi connectivity index (χ1) is 7.75. The topological polar surface area (TPSA) is 38.0 Å². The van der Waals surface area contributed by atoms with E-state index in [1.165, 1.54) is 5.56 Å². The zero-order valence-electron chi connectivity index (χ0n) is 9.00. The second-order valence-corrected chi connectivity index (χ2v) is 4.54. The third-order valence-corrected chi connectivity index (χ3v) is 3.07. The molecule has 1 aromatic carbocycles. The Kier molecular flexibility index (Phi) is 2.07. The van der Waals surface area contributed by atoms with Gasteiger partial charge in [0.15, 0.2) is 0 Å². The Balaban J connectivity index is 1.88. The predicted octanol–water partition coefficient (Wildman–Crippen LogP) is 1.94. The van der Waals surface area contributed by atoms with Gasteiger partial charge in [-0.25, -0.2) is 4.98 Å². The number of imidazole rings is 1. The highest BCUT2D eigenvalue weighted by atomic mass is 16.3. The van der Waals surface area contributed by atoms with Crippen LogP contribution in [0.4, 0.5) is 0 Å². The second-order valence-electron chi connectivity index (χ2n) is 4.54. The average Bonchev–Trinajstić information content (AvgIpc) is 2.84. The Hall–Kier alpha value is -1.61. The van der Waals surface area contributed by atoms with E-state index in [1.807, 2.05) is 22.9 Å². The van der Waals surface area contributed by atoms with Gasteiger partial charge in [0.2, 0.25) is 0 Å². The first kappa shape index (κ1) is 9.60. The van der Waals surface area contributed by atoms with Gasteiger partial charge >= 0.3 is 0 Å². The van der Waals surface area contributed by atoms with E-state index in [2.05, 4.69) is 17.1 Å². The van der Waals surface area contributed by atoms with Crippen LogP contribution < -0.4 is 0 Å². The van der Waals surface area contributed by atoms with Crippen molar-refractivity contribution < 1.29 is 5.11 Å². The molecule has 0 saturated heterocycles. The Labute approximate surface area is 94.4 Å². The predicted molar refractivity (Wildman–Crippen MR) is 61.5 cm³/mol. The van der Waals surface area contributed by atoms with Crippen LogP contribution in [-0.2, 0) is 6.42 Å². The lowest BCUT2D eigenvalue weighted by Gasteiger charge is -2.09. The minimum Gasteiger partial charge on any atom is -0.390 e. The summed E-state index contributed by atoms with van der Waals surface area (Å²) < 4.78 is 1.97. The highest BCUT2D eigenvalue weighted by Crippen LogP contribution is 2.38. The number of rotatable bonds is 3. The van der Waals surface area contributed by atoms with Crippen LogP contribution in [-0.4, -0.2) is 20.3 Å². The van der Waals surface area contributed by atoms with Crippen molar-refractivity contribution in [2.24, 2.45) is 0 Å². The van der Waals surface area contributed by atoms with Crippen molar-refractivity contribution in [2.45, 2.75) is 24.9 Å². The molecule has 0 atom stereocenters. The molecule has 82 valence electrons.